The highest BCUT2D eigenvalue weighted by Crippen LogP contribution is 2.33. The number of aromatic nitrogens is 1. The van der Waals surface area contributed by atoms with Gasteiger partial charge >= 0.3 is 0 Å². The van der Waals surface area contributed by atoms with Crippen molar-refractivity contribution in [2.24, 2.45) is 0 Å². The zero-order valence-electron chi connectivity index (χ0n) is 14.3. The summed E-state index contributed by atoms with van der Waals surface area (Å²) in [5, 5.41) is 1.39. The molecule has 17 heavy (non-hydrogen) atoms. The molecule has 0 saturated carbocycles. The van der Waals surface area contributed by atoms with Crippen molar-refractivity contribution in [1.29, 1.82) is 0 Å². The first-order valence-electron chi connectivity index (χ1n) is 7.73. The van der Waals surface area contributed by atoms with Crippen molar-refractivity contribution in [3.05, 3.63) is 48.4 Å². The second-order valence-electron chi connectivity index (χ2n) is 5.23. The van der Waals surface area contributed by atoms with Crippen LogP contribution < -0.4 is 0 Å². The van der Waals surface area contributed by atoms with Crippen molar-refractivity contribution < 1.29 is 5.48 Å². The van der Waals surface area contributed by atoms with E-state index in [0.717, 1.165) is 11.0 Å². The van der Waals surface area contributed by atoms with Crippen LogP contribution in [0.15, 0.2) is 48.4 Å². The van der Waals surface area contributed by atoms with E-state index in [4.69, 9.17) is 5.48 Å². The van der Waals surface area contributed by atoms with E-state index in [0.29, 0.717) is 22.9 Å². The van der Waals surface area contributed by atoms with E-state index in [1.54, 1.807) is 12.1 Å². The van der Waals surface area contributed by atoms with Crippen molar-refractivity contribution >= 4 is 21.8 Å². The molecule has 0 N–H and O–H groups in total. The van der Waals surface area contributed by atoms with Gasteiger partial charge < -0.3 is 4.57 Å². The third-order valence-electron chi connectivity index (χ3n) is 2.95. The highest BCUT2D eigenvalue weighted by molar-refractivity contribution is 6.08. The van der Waals surface area contributed by atoms with Crippen molar-refractivity contribution in [2.75, 3.05) is 0 Å². The molecule has 0 aliphatic rings. The topological polar surface area (TPSA) is 4.93 Å². The summed E-state index contributed by atoms with van der Waals surface area (Å²) in [4.78, 5) is 0. The van der Waals surface area contributed by atoms with Crippen molar-refractivity contribution in [3.8, 4) is 0 Å². The molecule has 1 heterocycles. The van der Waals surface area contributed by atoms with Gasteiger partial charge in [0.25, 0.3) is 0 Å². The molecule has 0 atom stereocenters. The first-order valence-corrected chi connectivity index (χ1v) is 5.73. The largest absolute Gasteiger partial charge is 0.335 e. The van der Waals surface area contributed by atoms with Crippen molar-refractivity contribution in [2.45, 2.75) is 26.3 Å². The quantitative estimate of drug-likeness (QED) is 0.531. The average Bonchev–Trinajstić information content (AvgIpc) is 2.61. The van der Waals surface area contributed by atoms with Gasteiger partial charge in [0.2, 0.25) is 0 Å². The highest BCUT2D eigenvalue weighted by atomic mass is 15.0. The van der Waals surface area contributed by atoms with E-state index in [-0.39, 0.29) is 17.6 Å². The molecule has 0 fully saturated rings. The van der Waals surface area contributed by atoms with Gasteiger partial charge in [-0.25, -0.2) is 0 Å². The number of rotatable bonds is 0. The molecule has 0 radical (unpaired) electrons. The molecule has 0 bridgehead atoms. The summed E-state index contributed by atoms with van der Waals surface area (Å²) in [6.07, 6.45) is 0. The Balaban J connectivity index is 2.69. The minimum Gasteiger partial charge on any atom is -0.335 e. The van der Waals surface area contributed by atoms with Gasteiger partial charge in [0, 0.05) is 27.3 Å². The molecule has 86 valence electrons. The maximum absolute atomic E-state index is 8.19. The number of hydrogen-bond donors (Lipinski definition) is 0. The van der Waals surface area contributed by atoms with E-state index in [2.05, 4.69) is 0 Å². The second-order valence-corrected chi connectivity index (χ2v) is 5.23. The van der Waals surface area contributed by atoms with Crippen LogP contribution in [-0.4, -0.2) is 4.57 Å². The summed E-state index contributed by atoms with van der Waals surface area (Å²) in [5.74, 6) is 0. The standard InChI is InChI=1S/C16H17N/c1-16(2,3)17-14-10-6-4-8-12(14)13-9-5-7-11-15(13)17/h4-11H,1-3H3/i6D,7D,8D,9D. The smallest absolute Gasteiger partial charge is 0.0630 e. The Kier molecular flexibility index (Phi) is 1.36. The van der Waals surface area contributed by atoms with Gasteiger partial charge in [0.05, 0.1) is 5.48 Å². The minimum atomic E-state index is -0.263. The fourth-order valence-corrected chi connectivity index (χ4v) is 2.37. The first-order chi connectivity index (χ1) is 9.70. The van der Waals surface area contributed by atoms with Gasteiger partial charge in [-0.15, -0.1) is 0 Å². The molecule has 2 aromatic carbocycles. The lowest BCUT2D eigenvalue weighted by Gasteiger charge is -2.24. The van der Waals surface area contributed by atoms with Crippen molar-refractivity contribution in [3.63, 3.8) is 0 Å². The molecule has 0 saturated heterocycles. The Hall–Kier alpha value is -1.76. The third-order valence-corrected chi connectivity index (χ3v) is 2.95. The van der Waals surface area contributed by atoms with Gasteiger partial charge in [-0.05, 0) is 32.9 Å². The van der Waals surface area contributed by atoms with E-state index >= 15 is 0 Å². The molecule has 1 heteroatoms. The summed E-state index contributed by atoms with van der Waals surface area (Å²) < 4.78 is 34.2. The molecule has 3 rings (SSSR count). The number of nitrogens with zero attached hydrogens (tertiary/aromatic N) is 1. The summed E-state index contributed by atoms with van der Waals surface area (Å²) in [5.41, 5.74) is 1.31. The first kappa shape index (κ1) is 6.85. The molecule has 0 amide bonds. The number of hydrogen-bond acceptors (Lipinski definition) is 0. The third kappa shape index (κ3) is 1.46. The number of para-hydroxylation sites is 2. The Bertz CT molecular complexity index is 806. The molecule has 3 aromatic rings. The average molecular weight is 227 g/mol. The molecule has 1 nitrogen and oxygen atoms in total. The minimum absolute atomic E-state index is 0.261. The maximum Gasteiger partial charge on any atom is 0.0630 e. The Morgan fingerprint density at radius 2 is 1.41 bits per heavy atom. The van der Waals surface area contributed by atoms with Crippen LogP contribution in [0.4, 0.5) is 0 Å². The van der Waals surface area contributed by atoms with Crippen LogP contribution in [0.25, 0.3) is 21.8 Å². The van der Waals surface area contributed by atoms with Crippen LogP contribution in [0, 0.1) is 0 Å². The lowest BCUT2D eigenvalue weighted by Crippen LogP contribution is -2.21. The summed E-state index contributed by atoms with van der Waals surface area (Å²) in [6.45, 7) is 6.14. The normalized spacial score (nSPS) is 15.7. The van der Waals surface area contributed by atoms with Crippen molar-refractivity contribution in [1.82, 2.24) is 4.57 Å². The predicted molar refractivity (Wildman–Crippen MR) is 74.4 cm³/mol. The van der Waals surface area contributed by atoms with Crippen LogP contribution in [-0.2, 0) is 5.54 Å². The second kappa shape index (κ2) is 3.36. The van der Waals surface area contributed by atoms with E-state index in [9.17, 15) is 0 Å². The van der Waals surface area contributed by atoms with Crippen LogP contribution in [0.2, 0.25) is 0 Å². The van der Waals surface area contributed by atoms with Crippen LogP contribution in [0.1, 0.15) is 26.3 Å². The number of benzene rings is 2. The monoisotopic (exact) mass is 227 g/mol. The van der Waals surface area contributed by atoms with Gasteiger partial charge in [-0.2, -0.15) is 0 Å². The Labute approximate surface area is 107 Å². The van der Waals surface area contributed by atoms with E-state index < -0.39 is 0 Å². The maximum atomic E-state index is 8.19. The molecular formula is C16H17N. The fourth-order valence-electron chi connectivity index (χ4n) is 2.37. The van der Waals surface area contributed by atoms with E-state index in [1.165, 1.54) is 12.1 Å². The zero-order valence-corrected chi connectivity index (χ0v) is 10.3. The lowest BCUT2D eigenvalue weighted by molar-refractivity contribution is 0.423. The number of fused-ring (bicyclic) bond motifs is 3. The molecule has 0 unspecified atom stereocenters. The van der Waals surface area contributed by atoms with Crippen LogP contribution in [0.5, 0.6) is 0 Å². The Morgan fingerprint density at radius 1 is 0.941 bits per heavy atom. The molecule has 0 aliphatic heterocycles. The molecule has 0 spiro atoms. The summed E-state index contributed by atoms with van der Waals surface area (Å²) in [6, 6.07) is 7.58. The summed E-state index contributed by atoms with van der Waals surface area (Å²) >= 11 is 0. The predicted octanol–water partition coefficient (Wildman–Crippen LogP) is 4.55. The summed E-state index contributed by atoms with van der Waals surface area (Å²) in [7, 11) is 0. The molecular weight excluding hydrogens is 206 g/mol. The van der Waals surface area contributed by atoms with Gasteiger partial charge in [-0.3, -0.25) is 0 Å². The zero-order chi connectivity index (χ0) is 15.5. The van der Waals surface area contributed by atoms with E-state index in [1.807, 2.05) is 25.3 Å². The SMILES string of the molecule is [2H]c1cc([2H])c2c3c([2H])cc([2H])cc3n(C(C)(C)C)c2c1. The fraction of sp³-hybridized carbons (Fsp3) is 0.250. The van der Waals surface area contributed by atoms with Crippen LogP contribution in [0.3, 0.4) is 0 Å². The van der Waals surface area contributed by atoms with Gasteiger partial charge in [-0.1, -0.05) is 36.3 Å². The highest BCUT2D eigenvalue weighted by Gasteiger charge is 2.19. The molecule has 0 aliphatic carbocycles. The Morgan fingerprint density at radius 3 is 1.82 bits per heavy atom. The van der Waals surface area contributed by atoms with Gasteiger partial charge in [0.1, 0.15) is 0 Å². The van der Waals surface area contributed by atoms with Gasteiger partial charge in [0.15, 0.2) is 0 Å². The van der Waals surface area contributed by atoms with Crippen LogP contribution >= 0.6 is 0 Å². The lowest BCUT2D eigenvalue weighted by atomic mass is 10.1. The molecule has 1 aromatic heterocycles.